The van der Waals surface area contributed by atoms with Crippen LogP contribution in [0.25, 0.3) is 10.8 Å². The molecule has 1 atom stereocenters. The van der Waals surface area contributed by atoms with Gasteiger partial charge >= 0.3 is 0 Å². The van der Waals surface area contributed by atoms with Crippen LogP contribution in [-0.2, 0) is 0 Å². The zero-order valence-corrected chi connectivity index (χ0v) is 14.5. The first-order chi connectivity index (χ1) is 12.6. The Labute approximate surface area is 152 Å². The summed E-state index contributed by atoms with van der Waals surface area (Å²) in [7, 11) is 0. The van der Waals surface area contributed by atoms with Crippen LogP contribution in [0.2, 0.25) is 0 Å². The molecule has 1 saturated heterocycles. The number of thiophene rings is 1. The average Bonchev–Trinajstić information content (AvgIpc) is 3.35. The Bertz CT molecular complexity index is 926. The second kappa shape index (κ2) is 6.95. The molecule has 134 valence electrons. The summed E-state index contributed by atoms with van der Waals surface area (Å²) in [5, 5.41) is 10.1. The predicted molar refractivity (Wildman–Crippen MR) is 91.8 cm³/mol. The van der Waals surface area contributed by atoms with Crippen LogP contribution < -0.4 is 0 Å². The number of rotatable bonds is 3. The fourth-order valence-electron chi connectivity index (χ4n) is 3.07. The first-order valence-electron chi connectivity index (χ1n) is 8.23. The number of nitrogens with zero attached hydrogens (tertiary/aromatic N) is 3. The first kappa shape index (κ1) is 16.8. The Hall–Kier alpha value is -2.61. The van der Waals surface area contributed by atoms with Crippen LogP contribution in [0.1, 0.15) is 35.0 Å². The molecule has 0 spiro atoms. The van der Waals surface area contributed by atoms with Gasteiger partial charge in [-0.3, -0.25) is 4.79 Å². The molecule has 2 aromatic heterocycles. The van der Waals surface area contributed by atoms with Crippen molar-refractivity contribution in [3.63, 3.8) is 0 Å². The maximum absolute atomic E-state index is 13.4. The van der Waals surface area contributed by atoms with Crippen molar-refractivity contribution in [1.29, 1.82) is 0 Å². The van der Waals surface area contributed by atoms with Gasteiger partial charge in [0, 0.05) is 18.7 Å². The molecule has 4 rings (SSSR count). The van der Waals surface area contributed by atoms with Crippen molar-refractivity contribution in [3.05, 3.63) is 58.8 Å². The van der Waals surface area contributed by atoms with Crippen molar-refractivity contribution in [2.24, 2.45) is 0 Å². The van der Waals surface area contributed by atoms with E-state index in [-0.39, 0.29) is 17.4 Å². The Balaban J connectivity index is 1.50. The van der Waals surface area contributed by atoms with E-state index in [1.807, 2.05) is 17.5 Å². The number of amides is 1. The second-order valence-corrected chi connectivity index (χ2v) is 7.09. The van der Waals surface area contributed by atoms with Crippen molar-refractivity contribution in [1.82, 2.24) is 15.1 Å². The Morgan fingerprint density at radius 1 is 1.23 bits per heavy atom. The summed E-state index contributed by atoms with van der Waals surface area (Å²) in [6.45, 7) is 0.962. The summed E-state index contributed by atoms with van der Waals surface area (Å²) in [5.41, 5.74) is 0.134. The molecule has 0 bridgehead atoms. The number of carbonyl (C=O) groups is 1. The van der Waals surface area contributed by atoms with Crippen molar-refractivity contribution in [2.45, 2.75) is 18.8 Å². The molecule has 0 aliphatic carbocycles. The van der Waals surface area contributed by atoms with Gasteiger partial charge in [-0.25, -0.2) is 8.78 Å². The van der Waals surface area contributed by atoms with Crippen LogP contribution in [0.3, 0.4) is 0 Å². The first-order valence-corrected chi connectivity index (χ1v) is 9.11. The van der Waals surface area contributed by atoms with Crippen LogP contribution in [0.4, 0.5) is 8.78 Å². The highest BCUT2D eigenvalue weighted by Gasteiger charge is 2.29. The van der Waals surface area contributed by atoms with E-state index in [1.54, 1.807) is 4.90 Å². The van der Waals surface area contributed by atoms with Crippen LogP contribution in [-0.4, -0.2) is 34.1 Å². The van der Waals surface area contributed by atoms with E-state index in [4.69, 9.17) is 4.42 Å². The number of hydrogen-bond acceptors (Lipinski definition) is 5. The van der Waals surface area contributed by atoms with E-state index in [0.717, 1.165) is 29.9 Å². The maximum Gasteiger partial charge on any atom is 0.257 e. The lowest BCUT2D eigenvalue weighted by atomic mass is 9.97. The molecular formula is C18H15F2N3O2S. The number of benzene rings is 1. The third-order valence-corrected chi connectivity index (χ3v) is 5.25. The molecule has 3 aromatic rings. The molecule has 0 radical (unpaired) electrons. The second-order valence-electron chi connectivity index (χ2n) is 6.14. The lowest BCUT2D eigenvalue weighted by Gasteiger charge is -2.31. The van der Waals surface area contributed by atoms with Gasteiger partial charge < -0.3 is 9.32 Å². The standard InChI is InChI=1S/C18H15F2N3O2S/c19-13-6-5-11(9-14(13)20)18(24)23-7-1-3-12(10-23)16-21-22-17(25-16)15-4-2-8-26-15/h2,4-6,8-9,12H,1,3,7,10H2/t12-/m1/s1. The summed E-state index contributed by atoms with van der Waals surface area (Å²) in [4.78, 5) is 15.1. The molecule has 1 aliphatic rings. The number of carbonyl (C=O) groups excluding carboxylic acids is 1. The van der Waals surface area contributed by atoms with Gasteiger partial charge in [0.2, 0.25) is 5.89 Å². The lowest BCUT2D eigenvalue weighted by molar-refractivity contribution is 0.0698. The lowest BCUT2D eigenvalue weighted by Crippen LogP contribution is -2.39. The fourth-order valence-corrected chi connectivity index (χ4v) is 3.72. The molecule has 3 heterocycles. The minimum Gasteiger partial charge on any atom is -0.420 e. The molecule has 0 saturated carbocycles. The predicted octanol–water partition coefficient (Wildman–Crippen LogP) is 4.10. The van der Waals surface area contributed by atoms with E-state index >= 15 is 0 Å². The van der Waals surface area contributed by atoms with Crippen molar-refractivity contribution >= 4 is 17.2 Å². The highest BCUT2D eigenvalue weighted by Crippen LogP contribution is 2.30. The number of hydrogen-bond donors (Lipinski definition) is 0. The quantitative estimate of drug-likeness (QED) is 0.692. The smallest absolute Gasteiger partial charge is 0.257 e. The molecule has 5 nitrogen and oxygen atoms in total. The minimum absolute atomic E-state index is 0.0702. The molecule has 1 fully saturated rings. The minimum atomic E-state index is -1.03. The van der Waals surface area contributed by atoms with Crippen LogP contribution in [0.5, 0.6) is 0 Å². The highest BCUT2D eigenvalue weighted by molar-refractivity contribution is 7.13. The van der Waals surface area contributed by atoms with Crippen LogP contribution in [0.15, 0.2) is 40.1 Å². The van der Waals surface area contributed by atoms with Gasteiger partial charge in [-0.1, -0.05) is 6.07 Å². The van der Waals surface area contributed by atoms with E-state index < -0.39 is 11.6 Å². The average molecular weight is 375 g/mol. The summed E-state index contributed by atoms with van der Waals surface area (Å²) in [6, 6.07) is 7.01. The zero-order chi connectivity index (χ0) is 18.1. The highest BCUT2D eigenvalue weighted by atomic mass is 32.1. The van der Waals surface area contributed by atoms with Gasteiger partial charge in [0.05, 0.1) is 10.8 Å². The number of halogens is 2. The molecule has 1 aromatic carbocycles. The van der Waals surface area contributed by atoms with Gasteiger partial charge in [-0.2, -0.15) is 0 Å². The monoisotopic (exact) mass is 375 g/mol. The Morgan fingerprint density at radius 2 is 2.12 bits per heavy atom. The van der Waals surface area contributed by atoms with Crippen molar-refractivity contribution in [3.8, 4) is 10.8 Å². The van der Waals surface area contributed by atoms with Gasteiger partial charge in [-0.05, 0) is 42.5 Å². The molecule has 0 N–H and O–H groups in total. The molecule has 1 amide bonds. The van der Waals surface area contributed by atoms with E-state index in [0.29, 0.717) is 24.9 Å². The number of likely N-dealkylation sites (tertiary alicyclic amines) is 1. The fraction of sp³-hybridized carbons (Fsp3) is 0.278. The molecule has 0 unspecified atom stereocenters. The largest absolute Gasteiger partial charge is 0.420 e. The molecule has 26 heavy (non-hydrogen) atoms. The zero-order valence-electron chi connectivity index (χ0n) is 13.7. The SMILES string of the molecule is O=C(c1ccc(F)c(F)c1)N1CCC[C@@H](c2nnc(-c3cccs3)o2)C1. The third kappa shape index (κ3) is 3.24. The normalized spacial score (nSPS) is 17.5. The van der Waals surface area contributed by atoms with E-state index in [2.05, 4.69) is 10.2 Å². The third-order valence-electron chi connectivity index (χ3n) is 4.40. The summed E-state index contributed by atoms with van der Waals surface area (Å²) < 4.78 is 32.3. The van der Waals surface area contributed by atoms with Gasteiger partial charge in [0.15, 0.2) is 11.6 Å². The van der Waals surface area contributed by atoms with Crippen molar-refractivity contribution in [2.75, 3.05) is 13.1 Å². The van der Waals surface area contributed by atoms with E-state index in [1.165, 1.54) is 17.4 Å². The van der Waals surface area contributed by atoms with Gasteiger partial charge in [0.25, 0.3) is 11.8 Å². The van der Waals surface area contributed by atoms with Gasteiger partial charge in [0.1, 0.15) is 0 Å². The van der Waals surface area contributed by atoms with E-state index in [9.17, 15) is 13.6 Å². The summed E-state index contributed by atoms with van der Waals surface area (Å²) >= 11 is 1.51. The van der Waals surface area contributed by atoms with Crippen LogP contribution in [0, 0.1) is 11.6 Å². The summed E-state index contributed by atoms with van der Waals surface area (Å²) in [6.07, 6.45) is 1.60. The molecule has 1 aliphatic heterocycles. The summed E-state index contributed by atoms with van der Waals surface area (Å²) in [5.74, 6) is -1.42. The molecule has 8 heteroatoms. The maximum atomic E-state index is 13.4. The van der Waals surface area contributed by atoms with Crippen LogP contribution >= 0.6 is 11.3 Å². The van der Waals surface area contributed by atoms with Crippen molar-refractivity contribution < 1.29 is 18.0 Å². The topological polar surface area (TPSA) is 59.2 Å². The Morgan fingerprint density at radius 3 is 2.88 bits per heavy atom. The molecular weight excluding hydrogens is 360 g/mol. The van der Waals surface area contributed by atoms with Gasteiger partial charge in [-0.15, -0.1) is 21.5 Å². The number of piperidine rings is 1. The Kier molecular flexibility index (Phi) is 4.50. The number of aromatic nitrogens is 2.